The van der Waals surface area contributed by atoms with Gasteiger partial charge in [-0.2, -0.15) is 18.3 Å². The molecule has 6 rings (SSSR count). The fourth-order valence-electron chi connectivity index (χ4n) is 5.31. The van der Waals surface area contributed by atoms with Crippen molar-refractivity contribution in [3.8, 4) is 11.5 Å². The van der Waals surface area contributed by atoms with Crippen LogP contribution in [-0.4, -0.2) is 52.0 Å². The summed E-state index contributed by atoms with van der Waals surface area (Å²) in [5, 5.41) is 17.6. The van der Waals surface area contributed by atoms with E-state index >= 15 is 0 Å². The van der Waals surface area contributed by atoms with Gasteiger partial charge in [-0.3, -0.25) is 14.2 Å². The van der Waals surface area contributed by atoms with Gasteiger partial charge in [0.25, 0.3) is 5.91 Å². The Hall–Kier alpha value is -3.00. The second-order valence-corrected chi connectivity index (χ2v) is 9.75. The van der Waals surface area contributed by atoms with Crippen molar-refractivity contribution in [2.45, 2.75) is 67.9 Å². The van der Waals surface area contributed by atoms with E-state index in [1.165, 1.54) is 6.20 Å². The largest absolute Gasteiger partial charge is 0.522 e. The molecule has 2 N–H and O–H groups in total. The Labute approximate surface area is 206 Å². The van der Waals surface area contributed by atoms with Crippen molar-refractivity contribution in [1.82, 2.24) is 15.1 Å². The SMILES string of the molecule is O=C(NC12CC(n3cc(OCCCOC(F)(F)F)cn3)(C1)C2)C1C[C@@H](O)c2cc(C(F)(F)F)ccc2O1. The van der Waals surface area contributed by atoms with Crippen molar-refractivity contribution < 1.29 is 50.5 Å². The molecule has 8 nitrogen and oxygen atoms in total. The highest BCUT2D eigenvalue weighted by Crippen LogP contribution is 2.65. The summed E-state index contributed by atoms with van der Waals surface area (Å²) < 4.78 is 91.2. The Morgan fingerprint density at radius 2 is 1.92 bits per heavy atom. The number of benzene rings is 1. The van der Waals surface area contributed by atoms with E-state index in [0.29, 0.717) is 25.0 Å². The average Bonchev–Trinajstić information content (AvgIpc) is 3.21. The minimum absolute atomic E-state index is 0.00655. The molecule has 2 bridgehead atoms. The molecular formula is C23H23F6N3O5. The number of ether oxygens (including phenoxy) is 3. The first-order valence-corrected chi connectivity index (χ1v) is 11.5. The lowest BCUT2D eigenvalue weighted by Gasteiger charge is -2.70. The highest BCUT2D eigenvalue weighted by atomic mass is 19.4. The molecule has 1 unspecified atom stereocenters. The van der Waals surface area contributed by atoms with Crippen LogP contribution in [0.3, 0.4) is 0 Å². The first-order valence-electron chi connectivity index (χ1n) is 11.5. The molecule has 14 heteroatoms. The fraction of sp³-hybridized carbons (Fsp3) is 0.565. The molecule has 0 spiro atoms. The molecule has 202 valence electrons. The number of carbonyl (C=O) groups excluding carboxylic acids is 1. The first-order chi connectivity index (χ1) is 17.3. The lowest BCUT2D eigenvalue weighted by molar-refractivity contribution is -0.324. The molecule has 3 aliphatic carbocycles. The van der Waals surface area contributed by atoms with Gasteiger partial charge < -0.3 is 19.9 Å². The van der Waals surface area contributed by atoms with Gasteiger partial charge in [-0.15, -0.1) is 13.2 Å². The molecule has 1 aromatic carbocycles. The van der Waals surface area contributed by atoms with Crippen LogP contribution in [0.5, 0.6) is 11.5 Å². The number of aromatic nitrogens is 2. The molecule has 0 saturated heterocycles. The van der Waals surface area contributed by atoms with Crippen LogP contribution < -0.4 is 14.8 Å². The van der Waals surface area contributed by atoms with Gasteiger partial charge in [0.2, 0.25) is 0 Å². The van der Waals surface area contributed by atoms with E-state index in [1.807, 2.05) is 0 Å². The maximum atomic E-state index is 13.0. The van der Waals surface area contributed by atoms with E-state index in [4.69, 9.17) is 9.47 Å². The summed E-state index contributed by atoms with van der Waals surface area (Å²) in [6, 6.07) is 2.78. The third-order valence-corrected chi connectivity index (χ3v) is 6.95. The van der Waals surface area contributed by atoms with Gasteiger partial charge in [0.1, 0.15) is 5.75 Å². The molecule has 0 radical (unpaired) electrons. The number of hydrogen-bond donors (Lipinski definition) is 2. The van der Waals surface area contributed by atoms with Crippen LogP contribution in [0.4, 0.5) is 26.3 Å². The summed E-state index contributed by atoms with van der Waals surface area (Å²) in [6.45, 7) is -0.478. The number of nitrogens with one attached hydrogen (secondary N) is 1. The van der Waals surface area contributed by atoms with Gasteiger partial charge in [0.05, 0.1) is 42.8 Å². The molecule has 37 heavy (non-hydrogen) atoms. The third-order valence-electron chi connectivity index (χ3n) is 6.95. The predicted octanol–water partition coefficient (Wildman–Crippen LogP) is 3.84. The van der Waals surface area contributed by atoms with E-state index in [1.54, 1.807) is 10.9 Å². The predicted molar refractivity (Wildman–Crippen MR) is 112 cm³/mol. The van der Waals surface area contributed by atoms with E-state index in [2.05, 4.69) is 15.2 Å². The highest BCUT2D eigenvalue weighted by molar-refractivity contribution is 5.83. The minimum atomic E-state index is -4.67. The van der Waals surface area contributed by atoms with Gasteiger partial charge in [-0.25, -0.2) is 0 Å². The lowest BCUT2D eigenvalue weighted by Crippen LogP contribution is -2.79. The van der Waals surface area contributed by atoms with Crippen LogP contribution in [0.25, 0.3) is 0 Å². The molecule has 3 saturated carbocycles. The summed E-state index contributed by atoms with van der Waals surface area (Å²) in [5.74, 6) is -0.00905. The van der Waals surface area contributed by atoms with Gasteiger partial charge in [0, 0.05) is 23.9 Å². The van der Waals surface area contributed by atoms with Crippen molar-refractivity contribution in [2.24, 2.45) is 0 Å². The number of hydrogen-bond acceptors (Lipinski definition) is 6. The summed E-state index contributed by atoms with van der Waals surface area (Å²) in [5.41, 5.74) is -1.68. The second-order valence-electron chi connectivity index (χ2n) is 9.75. The Morgan fingerprint density at radius 1 is 1.19 bits per heavy atom. The number of fused-ring (bicyclic) bond motifs is 1. The van der Waals surface area contributed by atoms with Crippen LogP contribution in [0.15, 0.2) is 30.6 Å². The average molecular weight is 535 g/mol. The zero-order valence-corrected chi connectivity index (χ0v) is 19.2. The fourth-order valence-corrected chi connectivity index (χ4v) is 5.31. The molecule has 1 amide bonds. The molecule has 1 aromatic heterocycles. The van der Waals surface area contributed by atoms with Crippen molar-refractivity contribution >= 4 is 5.91 Å². The molecule has 3 fully saturated rings. The van der Waals surface area contributed by atoms with E-state index in [-0.39, 0.29) is 36.3 Å². The van der Waals surface area contributed by atoms with Gasteiger partial charge >= 0.3 is 12.5 Å². The number of halogens is 6. The molecular weight excluding hydrogens is 512 g/mol. The van der Waals surface area contributed by atoms with Crippen LogP contribution in [0.1, 0.15) is 49.3 Å². The molecule has 2 atom stereocenters. The maximum Gasteiger partial charge on any atom is 0.522 e. The Bertz CT molecular complexity index is 1160. The van der Waals surface area contributed by atoms with Gasteiger partial charge in [-0.05, 0) is 37.5 Å². The molecule has 2 heterocycles. The topological polar surface area (TPSA) is 94.8 Å². The lowest BCUT2D eigenvalue weighted by atomic mass is 9.44. The van der Waals surface area contributed by atoms with E-state index in [9.17, 15) is 36.2 Å². The molecule has 2 aromatic rings. The van der Waals surface area contributed by atoms with Crippen molar-refractivity contribution in [3.05, 3.63) is 41.7 Å². The molecule has 4 aliphatic rings. The monoisotopic (exact) mass is 535 g/mol. The summed E-state index contributed by atoms with van der Waals surface area (Å²) in [6.07, 6.45) is -6.78. The zero-order chi connectivity index (χ0) is 26.6. The number of aliphatic hydroxyl groups excluding tert-OH is 1. The normalized spacial score (nSPS) is 28.4. The van der Waals surface area contributed by atoms with Crippen LogP contribution in [-0.2, 0) is 21.2 Å². The van der Waals surface area contributed by atoms with Crippen LogP contribution in [0, 0.1) is 0 Å². The Morgan fingerprint density at radius 3 is 2.59 bits per heavy atom. The first kappa shape index (κ1) is 25.6. The van der Waals surface area contributed by atoms with Gasteiger partial charge in [-0.1, -0.05) is 0 Å². The number of alkyl halides is 6. The summed E-state index contributed by atoms with van der Waals surface area (Å²) in [4.78, 5) is 12.8. The summed E-state index contributed by atoms with van der Waals surface area (Å²) >= 11 is 0. The number of amides is 1. The van der Waals surface area contributed by atoms with Crippen LogP contribution >= 0.6 is 0 Å². The maximum absolute atomic E-state index is 13.0. The number of carbonyl (C=O) groups is 1. The third kappa shape index (κ3) is 5.08. The number of aliphatic hydroxyl groups is 1. The van der Waals surface area contributed by atoms with Crippen molar-refractivity contribution in [1.29, 1.82) is 0 Å². The molecule has 1 aliphatic heterocycles. The minimum Gasteiger partial charge on any atom is -0.490 e. The van der Waals surface area contributed by atoms with Crippen LogP contribution in [0.2, 0.25) is 0 Å². The zero-order valence-electron chi connectivity index (χ0n) is 19.2. The number of nitrogens with zero attached hydrogens (tertiary/aromatic N) is 2. The van der Waals surface area contributed by atoms with Crippen molar-refractivity contribution in [2.75, 3.05) is 13.2 Å². The Kier molecular flexibility index (Phi) is 6.09. The highest BCUT2D eigenvalue weighted by Gasteiger charge is 2.70. The van der Waals surface area contributed by atoms with E-state index < -0.39 is 48.4 Å². The van der Waals surface area contributed by atoms with Gasteiger partial charge in [0.15, 0.2) is 11.9 Å². The van der Waals surface area contributed by atoms with Crippen molar-refractivity contribution in [3.63, 3.8) is 0 Å². The van der Waals surface area contributed by atoms with E-state index in [0.717, 1.165) is 18.2 Å². The number of rotatable bonds is 8. The standard InChI is InChI=1S/C23H23F6N3O5/c24-22(25,26)13-2-3-17-15(6-13)16(33)7-18(37-17)19(34)31-20-10-21(11-20,12-20)32-9-14(8-30-32)35-4-1-5-36-23(27,28)29/h2-3,6,8-9,16,18,33H,1,4-5,7,10-12H2,(H,31,34)/t16-,18?,20?,21?/m1/s1. The Balaban J connectivity index is 1.11. The smallest absolute Gasteiger partial charge is 0.490 e. The summed E-state index contributed by atoms with van der Waals surface area (Å²) in [7, 11) is 0. The quantitative estimate of drug-likeness (QED) is 0.394. The second kappa shape index (κ2) is 8.79.